The molecule has 2 atom stereocenters. The van der Waals surface area contributed by atoms with Crippen molar-refractivity contribution in [2.75, 3.05) is 43.5 Å². The second-order valence-corrected chi connectivity index (χ2v) is 10.1. The van der Waals surface area contributed by atoms with Crippen LogP contribution in [-0.4, -0.2) is 56.1 Å². The number of methoxy groups -OCH3 is 1. The number of hydrogen-bond donors (Lipinski definition) is 1. The number of aryl methyl sites for hydroxylation is 1. The number of benzene rings is 2. The number of carbonyl (C=O) groups excluding carboxylic acids is 1. The summed E-state index contributed by atoms with van der Waals surface area (Å²) in [7, 11) is 1.55. The number of anilines is 2. The fraction of sp³-hybridized carbons (Fsp3) is 0.536. The van der Waals surface area contributed by atoms with Crippen LogP contribution in [-0.2, 0) is 11.2 Å². The van der Waals surface area contributed by atoms with Crippen molar-refractivity contribution in [2.45, 2.75) is 57.0 Å². The third kappa shape index (κ3) is 5.01. The van der Waals surface area contributed by atoms with Gasteiger partial charge in [-0.05, 0) is 49.4 Å². The summed E-state index contributed by atoms with van der Waals surface area (Å²) < 4.78 is 33.8. The van der Waals surface area contributed by atoms with Crippen LogP contribution >= 0.6 is 0 Å². The predicted molar refractivity (Wildman–Crippen MR) is 134 cm³/mol. The number of para-hydroxylation sites is 1. The number of hydrogen-bond acceptors (Lipinski definition) is 5. The van der Waals surface area contributed by atoms with Gasteiger partial charge in [-0.15, -0.1) is 0 Å². The van der Waals surface area contributed by atoms with Gasteiger partial charge in [-0.2, -0.15) is 0 Å². The van der Waals surface area contributed by atoms with Crippen molar-refractivity contribution >= 4 is 17.2 Å². The maximum Gasteiger partial charge on any atom is 0.155 e. The number of ether oxygens (including phenoxy) is 1. The number of carbonyl (C=O) groups is 1. The highest BCUT2D eigenvalue weighted by Crippen LogP contribution is 2.35. The Balaban J connectivity index is 1.36. The van der Waals surface area contributed by atoms with Gasteiger partial charge in [0.05, 0.1) is 24.5 Å². The summed E-state index contributed by atoms with van der Waals surface area (Å²) >= 11 is 0. The molecule has 1 saturated carbocycles. The van der Waals surface area contributed by atoms with Gasteiger partial charge in [0.15, 0.2) is 5.78 Å². The average molecular weight is 484 g/mol. The molecule has 2 aliphatic heterocycles. The summed E-state index contributed by atoms with van der Waals surface area (Å²) in [5, 5.41) is 3.44. The van der Waals surface area contributed by atoms with Gasteiger partial charge in [-0.1, -0.05) is 31.4 Å². The number of nitrogens with zero attached hydrogens (tertiary/aromatic N) is 2. The number of halogens is 2. The van der Waals surface area contributed by atoms with Crippen LogP contribution < -0.4 is 15.0 Å². The molecule has 5 rings (SSSR count). The zero-order chi connectivity index (χ0) is 24.4. The van der Waals surface area contributed by atoms with Crippen LogP contribution in [0.1, 0.15) is 44.1 Å². The Hall–Kier alpha value is -2.67. The molecule has 0 bridgehead atoms. The lowest BCUT2D eigenvalue weighted by Crippen LogP contribution is -2.60. The van der Waals surface area contributed by atoms with Crippen molar-refractivity contribution < 1.29 is 18.3 Å². The molecular weight excluding hydrogens is 448 g/mol. The van der Waals surface area contributed by atoms with E-state index in [9.17, 15) is 13.6 Å². The average Bonchev–Trinajstić information content (AvgIpc) is 2.90. The SMILES string of the molecule is COc1cc(F)ccc1N1CCN(C(C(=O)C2CCCCC2)C2CCc3cccc(F)c3N2)CC1. The normalized spacial score (nSPS) is 22.3. The van der Waals surface area contributed by atoms with Crippen LogP contribution in [0.3, 0.4) is 0 Å². The molecule has 0 amide bonds. The van der Waals surface area contributed by atoms with Crippen LogP contribution in [0.15, 0.2) is 36.4 Å². The van der Waals surface area contributed by atoms with Crippen molar-refractivity contribution in [1.82, 2.24) is 4.90 Å². The Kier molecular flexibility index (Phi) is 7.23. The highest BCUT2D eigenvalue weighted by molar-refractivity contribution is 5.88. The van der Waals surface area contributed by atoms with E-state index in [0.29, 0.717) is 43.4 Å². The Morgan fingerprint density at radius 3 is 2.54 bits per heavy atom. The highest BCUT2D eigenvalue weighted by atomic mass is 19.1. The van der Waals surface area contributed by atoms with E-state index in [4.69, 9.17) is 4.74 Å². The number of fused-ring (bicyclic) bond motifs is 1. The number of ketones is 1. The van der Waals surface area contributed by atoms with Crippen molar-refractivity contribution in [3.05, 3.63) is 53.6 Å². The molecule has 0 radical (unpaired) electrons. The molecule has 1 saturated heterocycles. The fourth-order valence-corrected chi connectivity index (χ4v) is 6.16. The topological polar surface area (TPSA) is 44.8 Å². The molecule has 3 aliphatic rings. The molecule has 0 aromatic heterocycles. The predicted octanol–water partition coefficient (Wildman–Crippen LogP) is 5.04. The summed E-state index contributed by atoms with van der Waals surface area (Å²) in [5.74, 6) is 0.361. The van der Waals surface area contributed by atoms with Gasteiger partial charge in [0.1, 0.15) is 17.4 Å². The summed E-state index contributed by atoms with van der Waals surface area (Å²) in [4.78, 5) is 18.4. The van der Waals surface area contributed by atoms with Crippen molar-refractivity contribution in [3.63, 3.8) is 0 Å². The van der Waals surface area contributed by atoms with E-state index in [1.807, 2.05) is 6.07 Å². The minimum Gasteiger partial charge on any atom is -0.494 e. The molecular formula is C28H35F2N3O2. The smallest absolute Gasteiger partial charge is 0.155 e. The number of Topliss-reactive ketones (excluding diaryl/α,β-unsaturated/α-hetero) is 1. The zero-order valence-corrected chi connectivity index (χ0v) is 20.4. The van der Waals surface area contributed by atoms with E-state index in [2.05, 4.69) is 15.1 Å². The monoisotopic (exact) mass is 483 g/mol. The van der Waals surface area contributed by atoms with E-state index in [1.165, 1.54) is 24.6 Å². The number of nitrogens with one attached hydrogen (secondary N) is 1. The first-order valence-electron chi connectivity index (χ1n) is 13.0. The highest BCUT2D eigenvalue weighted by Gasteiger charge is 2.40. The summed E-state index contributed by atoms with van der Waals surface area (Å²) in [5.41, 5.74) is 2.41. The fourth-order valence-electron chi connectivity index (χ4n) is 6.16. The molecule has 2 heterocycles. The van der Waals surface area contributed by atoms with Gasteiger partial charge in [-0.25, -0.2) is 8.78 Å². The van der Waals surface area contributed by atoms with Gasteiger partial charge in [0.2, 0.25) is 0 Å². The molecule has 2 unspecified atom stereocenters. The second kappa shape index (κ2) is 10.5. The Morgan fingerprint density at radius 2 is 1.80 bits per heavy atom. The van der Waals surface area contributed by atoms with Gasteiger partial charge in [0.25, 0.3) is 0 Å². The van der Waals surface area contributed by atoms with Gasteiger partial charge >= 0.3 is 0 Å². The minimum atomic E-state index is -0.321. The lowest BCUT2D eigenvalue weighted by Gasteiger charge is -2.45. The molecule has 35 heavy (non-hydrogen) atoms. The Labute approximate surface area is 206 Å². The first kappa shape index (κ1) is 24.0. The van der Waals surface area contributed by atoms with Crippen molar-refractivity contribution in [2.24, 2.45) is 5.92 Å². The molecule has 188 valence electrons. The lowest BCUT2D eigenvalue weighted by atomic mass is 9.80. The first-order chi connectivity index (χ1) is 17.0. The van der Waals surface area contributed by atoms with Crippen molar-refractivity contribution in [3.8, 4) is 5.75 Å². The number of rotatable bonds is 6. The van der Waals surface area contributed by atoms with Crippen LogP contribution in [0.4, 0.5) is 20.2 Å². The van der Waals surface area contributed by atoms with Crippen LogP contribution in [0.2, 0.25) is 0 Å². The molecule has 7 heteroatoms. The quantitative estimate of drug-likeness (QED) is 0.624. The van der Waals surface area contributed by atoms with Crippen LogP contribution in [0.5, 0.6) is 5.75 Å². The summed E-state index contributed by atoms with van der Waals surface area (Å²) in [6, 6.07) is 9.45. The van der Waals surface area contributed by atoms with Gasteiger partial charge < -0.3 is 15.0 Å². The molecule has 2 aromatic rings. The third-order valence-corrected chi connectivity index (χ3v) is 8.02. The zero-order valence-electron chi connectivity index (χ0n) is 20.4. The van der Waals surface area contributed by atoms with E-state index in [1.54, 1.807) is 19.2 Å². The van der Waals surface area contributed by atoms with Gasteiger partial charge in [-0.3, -0.25) is 9.69 Å². The van der Waals surface area contributed by atoms with E-state index < -0.39 is 0 Å². The maximum absolute atomic E-state index is 14.6. The largest absolute Gasteiger partial charge is 0.494 e. The molecule has 1 N–H and O–H groups in total. The van der Waals surface area contributed by atoms with Crippen LogP contribution in [0.25, 0.3) is 0 Å². The summed E-state index contributed by atoms with van der Waals surface area (Å²) in [6.45, 7) is 2.86. The number of piperazine rings is 1. The van der Waals surface area contributed by atoms with E-state index >= 15 is 0 Å². The summed E-state index contributed by atoms with van der Waals surface area (Å²) in [6.07, 6.45) is 6.91. The molecule has 2 aromatic carbocycles. The standard InChI is InChI=1S/C28H35F2N3O2/c1-35-25-18-21(29)11-13-24(25)32-14-16-33(17-15-32)27(28(34)20-6-3-2-4-7-20)23-12-10-19-8-5-9-22(30)26(19)31-23/h5,8-9,11,13,18,20,23,27,31H,2-4,6-7,10,12,14-17H2,1H3. The second-order valence-electron chi connectivity index (χ2n) is 10.1. The molecule has 1 aliphatic carbocycles. The molecule has 2 fully saturated rings. The van der Waals surface area contributed by atoms with E-state index in [0.717, 1.165) is 49.8 Å². The molecule has 0 spiro atoms. The minimum absolute atomic E-state index is 0.0905. The van der Waals surface area contributed by atoms with Crippen LogP contribution in [0, 0.1) is 17.6 Å². The Bertz CT molecular complexity index is 1050. The maximum atomic E-state index is 14.6. The first-order valence-corrected chi connectivity index (χ1v) is 13.0. The van der Waals surface area contributed by atoms with Gasteiger partial charge in [0, 0.05) is 44.2 Å². The molecule has 5 nitrogen and oxygen atoms in total. The van der Waals surface area contributed by atoms with Crippen molar-refractivity contribution in [1.29, 1.82) is 0 Å². The lowest BCUT2D eigenvalue weighted by molar-refractivity contribution is -0.130. The third-order valence-electron chi connectivity index (χ3n) is 8.02. The van der Waals surface area contributed by atoms with E-state index in [-0.39, 0.29) is 29.6 Å². The Morgan fingerprint density at radius 1 is 1.03 bits per heavy atom.